The van der Waals surface area contributed by atoms with E-state index in [1.807, 2.05) is 31.2 Å². The molecule has 1 fully saturated rings. The Morgan fingerprint density at radius 1 is 1.10 bits per heavy atom. The summed E-state index contributed by atoms with van der Waals surface area (Å²) in [6.07, 6.45) is 1.72. The Hall–Kier alpha value is -3.19. The van der Waals surface area contributed by atoms with Gasteiger partial charge in [-0.3, -0.25) is 14.2 Å². The second kappa shape index (κ2) is 9.31. The van der Waals surface area contributed by atoms with Gasteiger partial charge in [0, 0.05) is 50.5 Å². The largest absolute Gasteiger partial charge is 0.369 e. The first-order valence-corrected chi connectivity index (χ1v) is 10.9. The molecule has 0 aliphatic carbocycles. The van der Waals surface area contributed by atoms with E-state index >= 15 is 0 Å². The van der Waals surface area contributed by atoms with E-state index in [-0.39, 0.29) is 17.9 Å². The molecule has 1 aliphatic heterocycles. The zero-order valence-corrected chi connectivity index (χ0v) is 18.2. The summed E-state index contributed by atoms with van der Waals surface area (Å²) in [5.41, 5.74) is 3.58. The molecule has 1 saturated heterocycles. The molecule has 31 heavy (non-hydrogen) atoms. The van der Waals surface area contributed by atoms with Crippen LogP contribution in [0.15, 0.2) is 53.6 Å². The van der Waals surface area contributed by atoms with Gasteiger partial charge < -0.3 is 15.1 Å². The number of hydrogen-bond acceptors (Lipinski definition) is 5. The van der Waals surface area contributed by atoms with Crippen molar-refractivity contribution in [1.29, 1.82) is 0 Å². The van der Waals surface area contributed by atoms with Crippen LogP contribution in [-0.4, -0.2) is 53.1 Å². The van der Waals surface area contributed by atoms with Gasteiger partial charge in [0.1, 0.15) is 0 Å². The molecule has 2 heterocycles. The fourth-order valence-corrected chi connectivity index (χ4v) is 4.01. The fourth-order valence-electron chi connectivity index (χ4n) is 4.01. The second-order valence-corrected chi connectivity index (χ2v) is 7.98. The standard InChI is InChI=1S/C24H29N5O2/c1-3-27-12-14-28(15-13-27)19-8-9-21(18(2)16-19)26-23(30)10-11-29-17-25-22-7-5-4-6-20(22)24(29)31/h4-9,16-17H,3,10-15H2,1-2H3,(H,26,30). The number of nitrogens with zero attached hydrogens (tertiary/aromatic N) is 4. The van der Waals surface area contributed by atoms with Gasteiger partial charge in [-0.2, -0.15) is 0 Å². The van der Waals surface area contributed by atoms with Gasteiger partial charge >= 0.3 is 0 Å². The average Bonchev–Trinajstić information content (AvgIpc) is 2.80. The molecular weight excluding hydrogens is 390 g/mol. The van der Waals surface area contributed by atoms with Gasteiger partial charge in [-0.1, -0.05) is 19.1 Å². The van der Waals surface area contributed by atoms with Crippen LogP contribution in [0.2, 0.25) is 0 Å². The quantitative estimate of drug-likeness (QED) is 0.665. The first-order valence-electron chi connectivity index (χ1n) is 10.9. The van der Waals surface area contributed by atoms with Gasteiger partial charge in [0.15, 0.2) is 0 Å². The van der Waals surface area contributed by atoms with E-state index in [1.54, 1.807) is 6.07 Å². The lowest BCUT2D eigenvalue weighted by atomic mass is 10.1. The molecule has 7 nitrogen and oxygen atoms in total. The molecule has 162 valence electrons. The normalized spacial score (nSPS) is 14.7. The summed E-state index contributed by atoms with van der Waals surface area (Å²) in [6.45, 7) is 9.80. The van der Waals surface area contributed by atoms with Crippen molar-refractivity contribution in [1.82, 2.24) is 14.5 Å². The van der Waals surface area contributed by atoms with Crippen LogP contribution in [0.25, 0.3) is 10.9 Å². The van der Waals surface area contributed by atoms with Gasteiger partial charge in [0.2, 0.25) is 5.91 Å². The molecule has 0 radical (unpaired) electrons. The second-order valence-electron chi connectivity index (χ2n) is 7.98. The highest BCUT2D eigenvalue weighted by molar-refractivity contribution is 5.91. The van der Waals surface area contributed by atoms with Crippen LogP contribution < -0.4 is 15.8 Å². The molecule has 0 saturated carbocycles. The molecule has 3 aromatic rings. The van der Waals surface area contributed by atoms with Crippen molar-refractivity contribution < 1.29 is 4.79 Å². The molecule has 1 aliphatic rings. The first-order chi connectivity index (χ1) is 15.0. The van der Waals surface area contributed by atoms with Crippen LogP contribution in [0, 0.1) is 6.92 Å². The van der Waals surface area contributed by atoms with E-state index in [9.17, 15) is 9.59 Å². The van der Waals surface area contributed by atoms with E-state index in [4.69, 9.17) is 0 Å². The van der Waals surface area contributed by atoms with Crippen LogP contribution >= 0.6 is 0 Å². The van der Waals surface area contributed by atoms with Crippen molar-refractivity contribution in [3.63, 3.8) is 0 Å². The van der Waals surface area contributed by atoms with Crippen LogP contribution in [0.5, 0.6) is 0 Å². The minimum absolute atomic E-state index is 0.118. The molecule has 1 N–H and O–H groups in total. The zero-order valence-electron chi connectivity index (χ0n) is 18.2. The molecular formula is C24H29N5O2. The topological polar surface area (TPSA) is 70.5 Å². The number of rotatable bonds is 6. The van der Waals surface area contributed by atoms with E-state index in [0.717, 1.165) is 44.0 Å². The Balaban J connectivity index is 1.37. The molecule has 4 rings (SSSR count). The predicted octanol–water partition coefficient (Wildman–Crippen LogP) is 2.88. The van der Waals surface area contributed by atoms with Crippen molar-refractivity contribution in [3.05, 3.63) is 64.7 Å². The van der Waals surface area contributed by atoms with Gasteiger partial charge in [-0.25, -0.2) is 4.98 Å². The highest BCUT2D eigenvalue weighted by atomic mass is 16.2. The number of likely N-dealkylation sites (N-methyl/N-ethyl adjacent to an activating group) is 1. The molecule has 1 aromatic heterocycles. The number of nitrogens with one attached hydrogen (secondary N) is 1. The van der Waals surface area contributed by atoms with Crippen LogP contribution in [0.3, 0.4) is 0 Å². The molecule has 2 aromatic carbocycles. The Labute approximate surface area is 182 Å². The van der Waals surface area contributed by atoms with Gasteiger partial charge in [0.05, 0.1) is 17.2 Å². The van der Waals surface area contributed by atoms with E-state index in [2.05, 4.69) is 39.2 Å². The smallest absolute Gasteiger partial charge is 0.261 e. The minimum Gasteiger partial charge on any atom is -0.369 e. The number of aromatic nitrogens is 2. The van der Waals surface area contributed by atoms with Crippen LogP contribution in [-0.2, 0) is 11.3 Å². The number of hydrogen-bond donors (Lipinski definition) is 1. The molecule has 0 unspecified atom stereocenters. The summed E-state index contributed by atoms with van der Waals surface area (Å²) in [5.74, 6) is -0.118. The third-order valence-corrected chi connectivity index (χ3v) is 5.98. The SMILES string of the molecule is CCN1CCN(c2ccc(NC(=O)CCn3cnc4ccccc4c3=O)c(C)c2)CC1. The lowest BCUT2D eigenvalue weighted by Gasteiger charge is -2.35. The van der Waals surface area contributed by atoms with E-state index in [1.165, 1.54) is 16.6 Å². The number of carbonyl (C=O) groups excluding carboxylic acids is 1. The van der Waals surface area contributed by atoms with Crippen molar-refractivity contribution in [2.45, 2.75) is 26.8 Å². The summed E-state index contributed by atoms with van der Waals surface area (Å²) in [7, 11) is 0. The molecule has 0 atom stereocenters. The number of piperazine rings is 1. The maximum Gasteiger partial charge on any atom is 0.261 e. The summed E-state index contributed by atoms with van der Waals surface area (Å²) in [6, 6.07) is 13.4. The van der Waals surface area contributed by atoms with Crippen molar-refractivity contribution >= 4 is 28.2 Å². The van der Waals surface area contributed by atoms with E-state index in [0.29, 0.717) is 17.4 Å². The Morgan fingerprint density at radius 2 is 1.87 bits per heavy atom. The maximum atomic E-state index is 12.6. The lowest BCUT2D eigenvalue weighted by molar-refractivity contribution is -0.116. The van der Waals surface area contributed by atoms with Crippen molar-refractivity contribution in [2.24, 2.45) is 0 Å². The molecule has 0 bridgehead atoms. The zero-order chi connectivity index (χ0) is 21.8. The molecule has 0 spiro atoms. The Kier molecular flexibility index (Phi) is 6.32. The Bertz CT molecular complexity index is 1130. The van der Waals surface area contributed by atoms with Crippen LogP contribution in [0.4, 0.5) is 11.4 Å². The molecule has 1 amide bonds. The number of fused-ring (bicyclic) bond motifs is 1. The van der Waals surface area contributed by atoms with Gasteiger partial charge in [-0.15, -0.1) is 0 Å². The number of benzene rings is 2. The Morgan fingerprint density at radius 3 is 2.61 bits per heavy atom. The first kappa shape index (κ1) is 21.1. The summed E-state index contributed by atoms with van der Waals surface area (Å²) in [4.78, 5) is 34.2. The molecule has 7 heteroatoms. The highest BCUT2D eigenvalue weighted by Crippen LogP contribution is 2.24. The average molecular weight is 420 g/mol. The fraction of sp³-hybridized carbons (Fsp3) is 0.375. The summed E-state index contributed by atoms with van der Waals surface area (Å²) >= 11 is 0. The van der Waals surface area contributed by atoms with Gasteiger partial charge in [0.25, 0.3) is 5.56 Å². The predicted molar refractivity (Wildman–Crippen MR) is 125 cm³/mol. The van der Waals surface area contributed by atoms with Gasteiger partial charge in [-0.05, 0) is 49.4 Å². The van der Waals surface area contributed by atoms with E-state index < -0.39 is 0 Å². The third kappa shape index (κ3) is 4.77. The minimum atomic E-state index is -0.123. The third-order valence-electron chi connectivity index (χ3n) is 5.98. The highest BCUT2D eigenvalue weighted by Gasteiger charge is 2.16. The lowest BCUT2D eigenvalue weighted by Crippen LogP contribution is -2.46. The number of carbonyl (C=O) groups is 1. The van der Waals surface area contributed by atoms with Crippen molar-refractivity contribution in [2.75, 3.05) is 42.9 Å². The number of para-hydroxylation sites is 1. The number of anilines is 2. The summed E-state index contributed by atoms with van der Waals surface area (Å²) < 4.78 is 1.49. The number of aryl methyl sites for hydroxylation is 2. The maximum absolute atomic E-state index is 12.6. The summed E-state index contributed by atoms with van der Waals surface area (Å²) in [5, 5.41) is 3.55. The number of amides is 1. The van der Waals surface area contributed by atoms with Crippen LogP contribution in [0.1, 0.15) is 18.9 Å². The monoisotopic (exact) mass is 419 g/mol. The van der Waals surface area contributed by atoms with Crippen molar-refractivity contribution in [3.8, 4) is 0 Å².